The standard InChI is InChI=1S/C21H20N4O3/c1-14-22-18(20(26)25(2)17-10-5-4-6-11-17)13-19(23-14)24-16-9-7-8-15(12-16)21(27)28-3/h4-13H,1-3H3,(H,22,23,24). The molecule has 0 fully saturated rings. The van der Waals surface area contributed by atoms with Gasteiger partial charge in [0.15, 0.2) is 0 Å². The third kappa shape index (κ3) is 4.32. The molecule has 3 rings (SSSR count). The van der Waals surface area contributed by atoms with Crippen LogP contribution in [0.3, 0.4) is 0 Å². The molecule has 28 heavy (non-hydrogen) atoms. The van der Waals surface area contributed by atoms with E-state index in [4.69, 9.17) is 4.74 Å². The van der Waals surface area contributed by atoms with Gasteiger partial charge in [-0.15, -0.1) is 0 Å². The van der Waals surface area contributed by atoms with Crippen LogP contribution in [0.25, 0.3) is 0 Å². The average molecular weight is 376 g/mol. The summed E-state index contributed by atoms with van der Waals surface area (Å²) in [6, 6.07) is 17.7. The zero-order valence-electron chi connectivity index (χ0n) is 15.8. The Morgan fingerprint density at radius 2 is 1.75 bits per heavy atom. The van der Waals surface area contributed by atoms with E-state index < -0.39 is 5.97 Å². The number of ether oxygens (including phenoxy) is 1. The minimum absolute atomic E-state index is 0.247. The molecule has 0 aliphatic carbocycles. The van der Waals surface area contributed by atoms with Gasteiger partial charge in [-0.25, -0.2) is 14.8 Å². The van der Waals surface area contributed by atoms with Gasteiger partial charge in [0.1, 0.15) is 17.3 Å². The highest BCUT2D eigenvalue weighted by atomic mass is 16.5. The van der Waals surface area contributed by atoms with Gasteiger partial charge in [0.25, 0.3) is 5.91 Å². The molecule has 142 valence electrons. The predicted molar refractivity (Wildman–Crippen MR) is 107 cm³/mol. The molecule has 0 spiro atoms. The summed E-state index contributed by atoms with van der Waals surface area (Å²) in [5.74, 6) is 0.240. The lowest BCUT2D eigenvalue weighted by atomic mass is 10.2. The largest absolute Gasteiger partial charge is 0.465 e. The van der Waals surface area contributed by atoms with Crippen molar-refractivity contribution in [1.82, 2.24) is 9.97 Å². The summed E-state index contributed by atoms with van der Waals surface area (Å²) in [5.41, 5.74) is 2.10. The summed E-state index contributed by atoms with van der Waals surface area (Å²) in [4.78, 5) is 34.7. The van der Waals surface area contributed by atoms with Crippen molar-refractivity contribution in [2.24, 2.45) is 0 Å². The van der Waals surface area contributed by atoms with Crippen LogP contribution < -0.4 is 10.2 Å². The van der Waals surface area contributed by atoms with E-state index in [9.17, 15) is 9.59 Å². The van der Waals surface area contributed by atoms with Gasteiger partial charge < -0.3 is 15.0 Å². The fourth-order valence-corrected chi connectivity index (χ4v) is 2.67. The number of amides is 1. The predicted octanol–water partition coefficient (Wildman–Crippen LogP) is 3.59. The van der Waals surface area contributed by atoms with Crippen LogP contribution in [-0.4, -0.2) is 36.0 Å². The molecule has 0 saturated carbocycles. The van der Waals surface area contributed by atoms with Crippen molar-refractivity contribution >= 4 is 29.1 Å². The molecule has 1 heterocycles. The number of aryl methyl sites for hydroxylation is 1. The number of hydrogen-bond acceptors (Lipinski definition) is 6. The van der Waals surface area contributed by atoms with Crippen molar-refractivity contribution in [1.29, 1.82) is 0 Å². The zero-order valence-corrected chi connectivity index (χ0v) is 15.8. The van der Waals surface area contributed by atoms with Crippen molar-refractivity contribution in [3.05, 3.63) is 77.7 Å². The van der Waals surface area contributed by atoms with Crippen LogP contribution in [0.4, 0.5) is 17.2 Å². The van der Waals surface area contributed by atoms with E-state index >= 15 is 0 Å². The van der Waals surface area contributed by atoms with Gasteiger partial charge in [0.2, 0.25) is 0 Å². The fraction of sp³-hybridized carbons (Fsp3) is 0.143. The quantitative estimate of drug-likeness (QED) is 0.685. The van der Waals surface area contributed by atoms with Gasteiger partial charge in [0, 0.05) is 24.5 Å². The van der Waals surface area contributed by atoms with Crippen LogP contribution in [-0.2, 0) is 4.74 Å². The lowest BCUT2D eigenvalue weighted by molar-refractivity contribution is 0.0600. The second-order valence-corrected chi connectivity index (χ2v) is 6.08. The Morgan fingerprint density at radius 3 is 2.46 bits per heavy atom. The van der Waals surface area contributed by atoms with Gasteiger partial charge in [-0.1, -0.05) is 24.3 Å². The summed E-state index contributed by atoms with van der Waals surface area (Å²) >= 11 is 0. The molecule has 1 aromatic heterocycles. The van der Waals surface area contributed by atoms with Gasteiger partial charge in [-0.2, -0.15) is 0 Å². The SMILES string of the molecule is COC(=O)c1cccc(Nc2cc(C(=O)N(C)c3ccccc3)nc(C)n2)c1. The molecule has 7 nitrogen and oxygen atoms in total. The molecule has 0 aliphatic heterocycles. The highest BCUT2D eigenvalue weighted by Crippen LogP contribution is 2.19. The van der Waals surface area contributed by atoms with Crippen LogP contribution in [0, 0.1) is 6.92 Å². The minimum Gasteiger partial charge on any atom is -0.465 e. The Labute approximate surface area is 163 Å². The smallest absolute Gasteiger partial charge is 0.337 e. The first-order valence-electron chi connectivity index (χ1n) is 8.62. The first-order valence-corrected chi connectivity index (χ1v) is 8.62. The summed E-state index contributed by atoms with van der Waals surface area (Å²) < 4.78 is 4.74. The molecule has 1 amide bonds. The monoisotopic (exact) mass is 376 g/mol. The van der Waals surface area contributed by atoms with E-state index in [1.54, 1.807) is 44.3 Å². The molecule has 2 aromatic carbocycles. The van der Waals surface area contributed by atoms with Gasteiger partial charge in [-0.3, -0.25) is 4.79 Å². The second kappa shape index (κ2) is 8.30. The number of anilines is 3. The van der Waals surface area contributed by atoms with Crippen LogP contribution in [0.5, 0.6) is 0 Å². The molecular formula is C21H20N4O3. The van der Waals surface area contributed by atoms with Crippen LogP contribution in [0.1, 0.15) is 26.7 Å². The molecule has 3 aromatic rings. The van der Waals surface area contributed by atoms with Crippen LogP contribution in [0.15, 0.2) is 60.7 Å². The van der Waals surface area contributed by atoms with Crippen molar-refractivity contribution in [2.75, 3.05) is 24.4 Å². The van der Waals surface area contributed by atoms with Gasteiger partial charge in [-0.05, 0) is 37.3 Å². The summed E-state index contributed by atoms with van der Waals surface area (Å²) in [7, 11) is 3.03. The summed E-state index contributed by atoms with van der Waals surface area (Å²) in [5, 5.41) is 3.11. The number of rotatable bonds is 5. The molecule has 0 unspecified atom stereocenters. The Hall–Kier alpha value is -3.74. The first kappa shape index (κ1) is 19.0. The van der Waals surface area contributed by atoms with E-state index in [0.29, 0.717) is 22.9 Å². The number of carbonyl (C=O) groups is 2. The van der Waals surface area contributed by atoms with Crippen molar-refractivity contribution in [3.63, 3.8) is 0 Å². The molecule has 1 N–H and O–H groups in total. The third-order valence-corrected chi connectivity index (χ3v) is 4.06. The van der Waals surface area contributed by atoms with Gasteiger partial charge in [0.05, 0.1) is 12.7 Å². The maximum Gasteiger partial charge on any atom is 0.337 e. The molecule has 0 saturated heterocycles. The maximum absolute atomic E-state index is 12.8. The number of methoxy groups -OCH3 is 1. The van der Waals surface area contributed by atoms with Gasteiger partial charge >= 0.3 is 5.97 Å². The molecule has 0 aliphatic rings. The Bertz CT molecular complexity index is 1010. The number of aromatic nitrogens is 2. The molecule has 7 heteroatoms. The fourth-order valence-electron chi connectivity index (χ4n) is 2.67. The van der Waals surface area contributed by atoms with Crippen LogP contribution in [0.2, 0.25) is 0 Å². The maximum atomic E-state index is 12.8. The zero-order chi connectivity index (χ0) is 20.1. The lowest BCUT2D eigenvalue weighted by Gasteiger charge is -2.17. The van der Waals surface area contributed by atoms with E-state index in [1.165, 1.54) is 12.0 Å². The van der Waals surface area contributed by atoms with E-state index in [2.05, 4.69) is 15.3 Å². The van der Waals surface area contributed by atoms with Crippen molar-refractivity contribution < 1.29 is 14.3 Å². The molecule has 0 bridgehead atoms. The lowest BCUT2D eigenvalue weighted by Crippen LogP contribution is -2.27. The highest BCUT2D eigenvalue weighted by molar-refractivity contribution is 6.04. The Balaban J connectivity index is 1.86. The number of hydrogen-bond donors (Lipinski definition) is 1. The highest BCUT2D eigenvalue weighted by Gasteiger charge is 2.17. The number of nitrogens with one attached hydrogen (secondary N) is 1. The van der Waals surface area contributed by atoms with E-state index in [-0.39, 0.29) is 11.6 Å². The van der Waals surface area contributed by atoms with Crippen molar-refractivity contribution in [3.8, 4) is 0 Å². The number of benzene rings is 2. The summed E-state index contributed by atoms with van der Waals surface area (Å²) in [6.45, 7) is 1.72. The molecular weight excluding hydrogens is 356 g/mol. The third-order valence-electron chi connectivity index (χ3n) is 4.06. The normalized spacial score (nSPS) is 10.2. The Kier molecular flexibility index (Phi) is 5.64. The number of nitrogens with zero attached hydrogens (tertiary/aromatic N) is 3. The second-order valence-electron chi connectivity index (χ2n) is 6.08. The van der Waals surface area contributed by atoms with Crippen molar-refractivity contribution in [2.45, 2.75) is 6.92 Å². The summed E-state index contributed by atoms with van der Waals surface area (Å²) in [6.07, 6.45) is 0. The molecule has 0 atom stereocenters. The molecule has 0 radical (unpaired) electrons. The number of esters is 1. The van der Waals surface area contributed by atoms with Crippen LogP contribution >= 0.6 is 0 Å². The van der Waals surface area contributed by atoms with E-state index in [0.717, 1.165) is 5.69 Å². The van der Waals surface area contributed by atoms with E-state index in [1.807, 2.05) is 30.3 Å². The number of para-hydroxylation sites is 1. The first-order chi connectivity index (χ1) is 13.5. The minimum atomic E-state index is -0.428. The Morgan fingerprint density at radius 1 is 1.00 bits per heavy atom. The number of carbonyl (C=O) groups excluding carboxylic acids is 2. The average Bonchev–Trinajstić information content (AvgIpc) is 2.72. The topological polar surface area (TPSA) is 84.4 Å².